The third-order valence-electron chi connectivity index (χ3n) is 5.18. The molecule has 1 fully saturated rings. The summed E-state index contributed by atoms with van der Waals surface area (Å²) in [5, 5.41) is 4.12. The molecule has 4 rings (SSSR count). The van der Waals surface area contributed by atoms with Crippen LogP contribution < -0.4 is 4.90 Å². The molecule has 1 aliphatic rings. The van der Waals surface area contributed by atoms with Gasteiger partial charge < -0.3 is 9.42 Å². The Bertz CT molecular complexity index is 975. The van der Waals surface area contributed by atoms with Crippen molar-refractivity contribution >= 4 is 11.6 Å². The number of rotatable bonds is 4. The molecule has 1 atom stereocenters. The fourth-order valence-corrected chi connectivity index (χ4v) is 3.62. The fourth-order valence-electron chi connectivity index (χ4n) is 3.62. The van der Waals surface area contributed by atoms with Gasteiger partial charge in [0.15, 0.2) is 0 Å². The average molecular weight is 361 g/mol. The lowest BCUT2D eigenvalue weighted by Crippen LogP contribution is -2.25. The minimum absolute atomic E-state index is 0.0747. The van der Waals surface area contributed by atoms with Crippen molar-refractivity contribution in [2.45, 2.75) is 39.5 Å². The van der Waals surface area contributed by atoms with Crippen LogP contribution in [0.4, 0.5) is 5.69 Å². The second kappa shape index (κ2) is 6.99. The minimum Gasteiger partial charge on any atom is -0.339 e. The molecule has 1 aliphatic heterocycles. The van der Waals surface area contributed by atoms with Crippen LogP contribution in [0.1, 0.15) is 41.8 Å². The summed E-state index contributed by atoms with van der Waals surface area (Å²) in [7, 11) is 0. The normalized spacial score (nSPS) is 16.9. The van der Waals surface area contributed by atoms with E-state index in [4.69, 9.17) is 4.52 Å². The molecule has 3 aromatic rings. The van der Waals surface area contributed by atoms with Gasteiger partial charge in [-0.15, -0.1) is 0 Å². The second-order valence-corrected chi connectivity index (χ2v) is 7.20. The Morgan fingerprint density at radius 2 is 1.93 bits per heavy atom. The van der Waals surface area contributed by atoms with Gasteiger partial charge in [0, 0.05) is 24.2 Å². The maximum absolute atomic E-state index is 12.6. The summed E-state index contributed by atoms with van der Waals surface area (Å²) in [5.74, 6) is 1.13. The van der Waals surface area contributed by atoms with Crippen molar-refractivity contribution < 1.29 is 9.32 Å². The van der Waals surface area contributed by atoms with E-state index in [1.807, 2.05) is 36.1 Å². The Kier molecular flexibility index (Phi) is 4.52. The van der Waals surface area contributed by atoms with Crippen LogP contribution in [0.25, 0.3) is 11.4 Å². The van der Waals surface area contributed by atoms with Crippen molar-refractivity contribution in [1.29, 1.82) is 0 Å². The smallest absolute Gasteiger partial charge is 0.232 e. The molecule has 0 radical (unpaired) electrons. The molecule has 1 aromatic heterocycles. The van der Waals surface area contributed by atoms with Crippen LogP contribution in [0, 0.1) is 13.8 Å². The molecule has 5 nitrogen and oxygen atoms in total. The maximum Gasteiger partial charge on any atom is 0.232 e. The Balaban J connectivity index is 1.54. The summed E-state index contributed by atoms with van der Waals surface area (Å²) < 4.78 is 5.50. The summed E-state index contributed by atoms with van der Waals surface area (Å²) in [4.78, 5) is 19.0. The van der Waals surface area contributed by atoms with Gasteiger partial charge in [0.1, 0.15) is 0 Å². The van der Waals surface area contributed by atoms with Crippen LogP contribution in [0.15, 0.2) is 47.0 Å². The standard InChI is InChI=1S/C22H23N3O2/c1-4-16-6-8-17(9-7-16)21-23-22(27-24-21)18-12-20(26)25(13-18)19-10-5-14(2)11-15(19)3/h5-11,18H,4,12-13H2,1-3H3. The van der Waals surface area contributed by atoms with Crippen molar-refractivity contribution in [3.63, 3.8) is 0 Å². The first-order valence-corrected chi connectivity index (χ1v) is 9.35. The van der Waals surface area contributed by atoms with Gasteiger partial charge in [-0.1, -0.05) is 54.0 Å². The number of carbonyl (C=O) groups excluding carboxylic acids is 1. The number of benzene rings is 2. The zero-order valence-electron chi connectivity index (χ0n) is 15.9. The van der Waals surface area contributed by atoms with Crippen LogP contribution in [0.5, 0.6) is 0 Å². The van der Waals surface area contributed by atoms with E-state index in [-0.39, 0.29) is 11.8 Å². The van der Waals surface area contributed by atoms with Crippen LogP contribution in [0.3, 0.4) is 0 Å². The lowest BCUT2D eigenvalue weighted by molar-refractivity contribution is -0.117. The zero-order chi connectivity index (χ0) is 19.0. The predicted molar refractivity (Wildman–Crippen MR) is 105 cm³/mol. The summed E-state index contributed by atoms with van der Waals surface area (Å²) in [6.45, 7) is 6.78. The highest BCUT2D eigenvalue weighted by Crippen LogP contribution is 2.33. The van der Waals surface area contributed by atoms with Gasteiger partial charge in [-0.25, -0.2) is 0 Å². The van der Waals surface area contributed by atoms with E-state index in [1.165, 1.54) is 11.1 Å². The molecule has 2 heterocycles. The largest absolute Gasteiger partial charge is 0.339 e. The van der Waals surface area contributed by atoms with Crippen LogP contribution >= 0.6 is 0 Å². The third kappa shape index (κ3) is 3.37. The van der Waals surface area contributed by atoms with Gasteiger partial charge >= 0.3 is 0 Å². The predicted octanol–water partition coefficient (Wildman–Crippen LogP) is 4.44. The number of amides is 1. The topological polar surface area (TPSA) is 59.2 Å². The summed E-state index contributed by atoms with van der Waals surface area (Å²) in [6.07, 6.45) is 1.39. The van der Waals surface area contributed by atoms with Crippen molar-refractivity contribution in [1.82, 2.24) is 10.1 Å². The molecular formula is C22H23N3O2. The highest BCUT2D eigenvalue weighted by atomic mass is 16.5. The monoisotopic (exact) mass is 361 g/mol. The van der Waals surface area contributed by atoms with E-state index in [1.54, 1.807) is 0 Å². The minimum atomic E-state index is -0.0747. The van der Waals surface area contributed by atoms with Gasteiger partial charge in [-0.05, 0) is 37.5 Å². The van der Waals surface area contributed by atoms with Crippen molar-refractivity contribution in [2.75, 3.05) is 11.4 Å². The molecule has 0 N–H and O–H groups in total. The van der Waals surface area contributed by atoms with Crippen molar-refractivity contribution in [3.05, 3.63) is 65.0 Å². The Labute approximate surface area is 159 Å². The zero-order valence-corrected chi connectivity index (χ0v) is 15.9. The average Bonchev–Trinajstić information content (AvgIpc) is 3.29. The number of nitrogens with zero attached hydrogens (tertiary/aromatic N) is 3. The molecule has 1 unspecified atom stereocenters. The van der Waals surface area contributed by atoms with Crippen LogP contribution in [0.2, 0.25) is 0 Å². The van der Waals surface area contributed by atoms with Crippen LogP contribution in [-0.2, 0) is 11.2 Å². The van der Waals surface area contributed by atoms with Gasteiger partial charge in [-0.3, -0.25) is 4.79 Å². The molecular weight excluding hydrogens is 338 g/mol. The van der Waals surface area contributed by atoms with E-state index >= 15 is 0 Å². The number of anilines is 1. The van der Waals surface area contributed by atoms with Gasteiger partial charge in [0.2, 0.25) is 17.6 Å². The maximum atomic E-state index is 12.6. The Morgan fingerprint density at radius 1 is 1.15 bits per heavy atom. The SMILES string of the molecule is CCc1ccc(-c2noc(C3CC(=O)N(c4ccc(C)cc4C)C3)n2)cc1. The summed E-state index contributed by atoms with van der Waals surface area (Å²) in [6, 6.07) is 14.3. The van der Waals surface area contributed by atoms with E-state index in [2.05, 4.69) is 42.2 Å². The molecule has 0 aliphatic carbocycles. The quantitative estimate of drug-likeness (QED) is 0.689. The fraction of sp³-hybridized carbons (Fsp3) is 0.318. The first-order chi connectivity index (χ1) is 13.0. The third-order valence-corrected chi connectivity index (χ3v) is 5.18. The summed E-state index contributed by atoms with van der Waals surface area (Å²) >= 11 is 0. The van der Waals surface area contributed by atoms with E-state index in [0.29, 0.717) is 24.7 Å². The number of aryl methyl sites for hydroxylation is 3. The molecule has 1 saturated heterocycles. The van der Waals surface area contributed by atoms with E-state index in [9.17, 15) is 4.79 Å². The molecule has 0 saturated carbocycles. The van der Waals surface area contributed by atoms with Crippen molar-refractivity contribution in [2.24, 2.45) is 0 Å². The molecule has 0 bridgehead atoms. The lowest BCUT2D eigenvalue weighted by atomic mass is 10.1. The Hall–Kier alpha value is -2.95. The van der Waals surface area contributed by atoms with Crippen LogP contribution in [-0.4, -0.2) is 22.6 Å². The molecule has 2 aromatic carbocycles. The number of hydrogen-bond acceptors (Lipinski definition) is 4. The molecule has 138 valence electrons. The Morgan fingerprint density at radius 3 is 2.63 bits per heavy atom. The first-order valence-electron chi connectivity index (χ1n) is 9.35. The number of hydrogen-bond donors (Lipinski definition) is 0. The molecule has 0 spiro atoms. The van der Waals surface area contributed by atoms with E-state index < -0.39 is 0 Å². The highest BCUT2D eigenvalue weighted by Gasteiger charge is 2.35. The van der Waals surface area contributed by atoms with Crippen molar-refractivity contribution in [3.8, 4) is 11.4 Å². The number of aromatic nitrogens is 2. The highest BCUT2D eigenvalue weighted by molar-refractivity contribution is 5.97. The van der Waals surface area contributed by atoms with Gasteiger partial charge in [0.25, 0.3) is 0 Å². The number of carbonyl (C=O) groups is 1. The lowest BCUT2D eigenvalue weighted by Gasteiger charge is -2.19. The second-order valence-electron chi connectivity index (χ2n) is 7.20. The van der Waals surface area contributed by atoms with Gasteiger partial charge in [0.05, 0.1) is 5.92 Å². The van der Waals surface area contributed by atoms with Gasteiger partial charge in [-0.2, -0.15) is 4.98 Å². The first kappa shape index (κ1) is 17.5. The molecule has 1 amide bonds. The summed E-state index contributed by atoms with van der Waals surface area (Å²) in [5.41, 5.74) is 5.45. The van der Waals surface area contributed by atoms with E-state index in [0.717, 1.165) is 23.2 Å². The molecule has 5 heteroatoms. The molecule has 27 heavy (non-hydrogen) atoms.